The van der Waals surface area contributed by atoms with Gasteiger partial charge in [0.15, 0.2) is 0 Å². The molecule has 11 heavy (non-hydrogen) atoms. The molecular weight excluding hydrogens is 140 g/mol. The quantitative estimate of drug-likeness (QED) is 0.498. The number of ether oxygens (including phenoxy) is 1. The summed E-state index contributed by atoms with van der Waals surface area (Å²) in [7, 11) is 1.93. The first-order chi connectivity index (χ1) is 5.41. The largest absolute Gasteiger partial charge is 0.379 e. The predicted octanol–water partition coefficient (Wildman–Crippen LogP) is 0.222. The van der Waals surface area contributed by atoms with E-state index in [0.29, 0.717) is 0 Å². The molecule has 0 fully saturated rings. The fourth-order valence-electron chi connectivity index (χ4n) is 0.722. The minimum absolute atomic E-state index is 0.810. The molecule has 0 unspecified atom stereocenters. The van der Waals surface area contributed by atoms with Crippen LogP contribution in [0.4, 0.5) is 0 Å². The topological polar surface area (TPSA) is 33.3 Å². The van der Waals surface area contributed by atoms with Crippen molar-refractivity contribution in [2.24, 2.45) is 0 Å². The van der Waals surface area contributed by atoms with Crippen LogP contribution in [0.5, 0.6) is 0 Å². The lowest BCUT2D eigenvalue weighted by molar-refractivity contribution is 0.139. The molecule has 0 saturated heterocycles. The molecule has 0 aliphatic rings. The van der Waals surface area contributed by atoms with Crippen molar-refractivity contribution in [1.82, 2.24) is 10.6 Å². The second kappa shape index (κ2) is 9.88. The van der Waals surface area contributed by atoms with Crippen molar-refractivity contribution in [3.63, 3.8) is 0 Å². The zero-order valence-corrected chi connectivity index (χ0v) is 7.65. The first-order valence-electron chi connectivity index (χ1n) is 4.35. The lowest BCUT2D eigenvalue weighted by Crippen LogP contribution is -2.22. The van der Waals surface area contributed by atoms with Gasteiger partial charge in [-0.15, -0.1) is 0 Å². The Morgan fingerprint density at radius 2 is 1.82 bits per heavy atom. The number of likely N-dealkylation sites (N-methyl/N-ethyl adjacent to an activating group) is 1. The highest BCUT2D eigenvalue weighted by Crippen LogP contribution is 1.73. The maximum Gasteiger partial charge on any atom is 0.0591 e. The van der Waals surface area contributed by atoms with Crippen LogP contribution in [-0.2, 0) is 4.74 Å². The molecule has 0 rings (SSSR count). The molecule has 68 valence electrons. The summed E-state index contributed by atoms with van der Waals surface area (Å²) in [5, 5.41) is 6.29. The first kappa shape index (κ1) is 10.9. The Bertz CT molecular complexity index is 61.1. The van der Waals surface area contributed by atoms with Gasteiger partial charge in [-0.2, -0.15) is 0 Å². The Morgan fingerprint density at radius 3 is 2.45 bits per heavy atom. The van der Waals surface area contributed by atoms with Gasteiger partial charge in [0.1, 0.15) is 0 Å². The van der Waals surface area contributed by atoms with Crippen molar-refractivity contribution in [3.05, 3.63) is 0 Å². The third-order valence-electron chi connectivity index (χ3n) is 1.35. The van der Waals surface area contributed by atoms with E-state index in [0.717, 1.165) is 32.8 Å². The van der Waals surface area contributed by atoms with Crippen LogP contribution in [0.3, 0.4) is 0 Å². The molecule has 0 bridgehead atoms. The van der Waals surface area contributed by atoms with Gasteiger partial charge < -0.3 is 15.4 Å². The van der Waals surface area contributed by atoms with Crippen LogP contribution < -0.4 is 10.6 Å². The van der Waals surface area contributed by atoms with Gasteiger partial charge in [0.05, 0.1) is 13.2 Å². The van der Waals surface area contributed by atoms with E-state index in [1.165, 1.54) is 6.42 Å². The fourth-order valence-corrected chi connectivity index (χ4v) is 0.722. The minimum atomic E-state index is 0.810. The third kappa shape index (κ3) is 9.88. The van der Waals surface area contributed by atoms with Crippen molar-refractivity contribution in [1.29, 1.82) is 0 Å². The third-order valence-corrected chi connectivity index (χ3v) is 1.35. The monoisotopic (exact) mass is 160 g/mol. The molecule has 0 spiro atoms. The molecule has 0 amide bonds. The van der Waals surface area contributed by atoms with E-state index >= 15 is 0 Å². The van der Waals surface area contributed by atoms with E-state index in [2.05, 4.69) is 17.6 Å². The molecule has 0 aromatic heterocycles. The van der Waals surface area contributed by atoms with Gasteiger partial charge in [-0.1, -0.05) is 6.92 Å². The van der Waals surface area contributed by atoms with E-state index < -0.39 is 0 Å². The molecule has 2 N–H and O–H groups in total. The maximum atomic E-state index is 5.30. The summed E-state index contributed by atoms with van der Waals surface area (Å²) >= 11 is 0. The SMILES string of the molecule is CCCNCCOCCNC. The molecule has 0 aliphatic heterocycles. The van der Waals surface area contributed by atoms with Gasteiger partial charge in [-0.25, -0.2) is 0 Å². The summed E-state index contributed by atoms with van der Waals surface area (Å²) in [6, 6.07) is 0. The standard InChI is InChI=1S/C8H20N2O/c1-3-4-10-6-8-11-7-5-9-2/h9-10H,3-8H2,1-2H3. The molecule has 0 saturated carbocycles. The molecule has 0 aromatic carbocycles. The lowest BCUT2D eigenvalue weighted by Gasteiger charge is -2.04. The Labute approximate surface area is 69.5 Å². The van der Waals surface area contributed by atoms with Crippen molar-refractivity contribution < 1.29 is 4.74 Å². The van der Waals surface area contributed by atoms with Gasteiger partial charge in [0, 0.05) is 13.1 Å². The first-order valence-corrected chi connectivity index (χ1v) is 4.35. The smallest absolute Gasteiger partial charge is 0.0591 e. The highest BCUT2D eigenvalue weighted by Gasteiger charge is 1.86. The Balaban J connectivity index is 2.69. The van der Waals surface area contributed by atoms with Crippen LogP contribution in [0, 0.1) is 0 Å². The highest BCUT2D eigenvalue weighted by atomic mass is 16.5. The summed E-state index contributed by atoms with van der Waals surface area (Å²) < 4.78 is 5.30. The zero-order chi connectivity index (χ0) is 8.36. The molecule has 0 aromatic rings. The molecule has 0 radical (unpaired) electrons. The predicted molar refractivity (Wildman–Crippen MR) is 47.9 cm³/mol. The van der Waals surface area contributed by atoms with Crippen LogP contribution in [0.15, 0.2) is 0 Å². The number of nitrogens with one attached hydrogen (secondary N) is 2. The second-order valence-corrected chi connectivity index (χ2v) is 2.47. The second-order valence-electron chi connectivity index (χ2n) is 2.47. The summed E-state index contributed by atoms with van der Waals surface area (Å²) in [6.07, 6.45) is 1.19. The Morgan fingerprint density at radius 1 is 1.09 bits per heavy atom. The average Bonchev–Trinajstić information content (AvgIpc) is 2.03. The van der Waals surface area contributed by atoms with Crippen molar-refractivity contribution in [2.75, 3.05) is 39.9 Å². The average molecular weight is 160 g/mol. The Hall–Kier alpha value is -0.120. The van der Waals surface area contributed by atoms with Crippen LogP contribution >= 0.6 is 0 Å². The van der Waals surface area contributed by atoms with Crippen LogP contribution in [0.25, 0.3) is 0 Å². The summed E-state index contributed by atoms with van der Waals surface area (Å²) in [5.74, 6) is 0. The molecular formula is C8H20N2O. The number of rotatable bonds is 8. The van der Waals surface area contributed by atoms with Gasteiger partial charge in [0.25, 0.3) is 0 Å². The zero-order valence-electron chi connectivity index (χ0n) is 7.65. The van der Waals surface area contributed by atoms with Crippen LogP contribution in [-0.4, -0.2) is 39.9 Å². The number of hydrogen-bond donors (Lipinski definition) is 2. The number of hydrogen-bond acceptors (Lipinski definition) is 3. The minimum Gasteiger partial charge on any atom is -0.379 e. The van der Waals surface area contributed by atoms with Crippen molar-refractivity contribution in [2.45, 2.75) is 13.3 Å². The molecule has 3 nitrogen and oxygen atoms in total. The van der Waals surface area contributed by atoms with Crippen molar-refractivity contribution in [3.8, 4) is 0 Å². The summed E-state index contributed by atoms with van der Waals surface area (Å²) in [6.45, 7) is 6.79. The maximum absolute atomic E-state index is 5.30. The van der Waals surface area contributed by atoms with Gasteiger partial charge >= 0.3 is 0 Å². The molecule has 0 heterocycles. The Kier molecular flexibility index (Phi) is 9.77. The van der Waals surface area contributed by atoms with Gasteiger partial charge in [0.2, 0.25) is 0 Å². The van der Waals surface area contributed by atoms with E-state index in [4.69, 9.17) is 4.74 Å². The molecule has 3 heteroatoms. The van der Waals surface area contributed by atoms with E-state index in [1.54, 1.807) is 0 Å². The highest BCUT2D eigenvalue weighted by molar-refractivity contribution is 4.43. The van der Waals surface area contributed by atoms with Crippen molar-refractivity contribution >= 4 is 0 Å². The van der Waals surface area contributed by atoms with E-state index in [-0.39, 0.29) is 0 Å². The molecule has 0 atom stereocenters. The lowest BCUT2D eigenvalue weighted by atomic mass is 10.5. The normalized spacial score (nSPS) is 10.4. The van der Waals surface area contributed by atoms with Gasteiger partial charge in [-0.3, -0.25) is 0 Å². The summed E-state index contributed by atoms with van der Waals surface area (Å²) in [4.78, 5) is 0. The molecule has 0 aliphatic carbocycles. The van der Waals surface area contributed by atoms with Crippen LogP contribution in [0.2, 0.25) is 0 Å². The fraction of sp³-hybridized carbons (Fsp3) is 1.00. The summed E-state index contributed by atoms with van der Waals surface area (Å²) in [5.41, 5.74) is 0. The van der Waals surface area contributed by atoms with E-state index in [9.17, 15) is 0 Å². The van der Waals surface area contributed by atoms with Gasteiger partial charge in [-0.05, 0) is 20.0 Å². The van der Waals surface area contributed by atoms with E-state index in [1.807, 2.05) is 7.05 Å². The van der Waals surface area contributed by atoms with Crippen LogP contribution in [0.1, 0.15) is 13.3 Å².